The highest BCUT2D eigenvalue weighted by Gasteiger charge is 2.35. The second kappa shape index (κ2) is 5.99. The lowest BCUT2D eigenvalue weighted by atomic mass is 9.95. The summed E-state index contributed by atoms with van der Waals surface area (Å²) >= 11 is 0. The number of rotatable bonds is 6. The number of nitrogens with zero attached hydrogens (tertiary/aromatic N) is 2. The van der Waals surface area contributed by atoms with Crippen molar-refractivity contribution in [1.82, 2.24) is 15.1 Å². The van der Waals surface area contributed by atoms with E-state index in [4.69, 9.17) is 0 Å². The molecule has 3 aliphatic heterocycles. The Labute approximate surface area is 100 Å². The van der Waals surface area contributed by atoms with Crippen molar-refractivity contribution >= 4 is 0 Å². The molecule has 0 aromatic rings. The zero-order valence-corrected chi connectivity index (χ0v) is 10.9. The van der Waals surface area contributed by atoms with Gasteiger partial charge in [0.25, 0.3) is 0 Å². The maximum absolute atomic E-state index is 3.55. The lowest BCUT2D eigenvalue weighted by molar-refractivity contribution is -0.00365. The lowest BCUT2D eigenvalue weighted by Crippen LogP contribution is -2.66. The zero-order valence-electron chi connectivity index (χ0n) is 10.9. The molecular weight excluding hydrogens is 198 g/mol. The Balaban J connectivity index is 1.83. The van der Waals surface area contributed by atoms with Crippen molar-refractivity contribution in [3.63, 3.8) is 0 Å². The summed E-state index contributed by atoms with van der Waals surface area (Å²) in [6.07, 6.45) is 5.44. The summed E-state index contributed by atoms with van der Waals surface area (Å²) in [5, 5.41) is 3.55. The average molecular weight is 225 g/mol. The quantitative estimate of drug-likeness (QED) is 0.684. The molecule has 3 nitrogen and oxygen atoms in total. The highest BCUT2D eigenvalue weighted by atomic mass is 15.4. The summed E-state index contributed by atoms with van der Waals surface area (Å²) in [5.41, 5.74) is 0. The molecule has 94 valence electrons. The minimum Gasteiger partial charge on any atom is -0.315 e. The van der Waals surface area contributed by atoms with Gasteiger partial charge in [-0.15, -0.1) is 0 Å². The minimum atomic E-state index is 0.703. The van der Waals surface area contributed by atoms with E-state index in [0.717, 1.165) is 6.04 Å². The third-order valence-corrected chi connectivity index (χ3v) is 4.28. The Bertz CT molecular complexity index is 199. The summed E-state index contributed by atoms with van der Waals surface area (Å²) < 4.78 is 0. The van der Waals surface area contributed by atoms with Crippen LogP contribution in [0.4, 0.5) is 0 Å². The number of fused-ring (bicyclic) bond motifs is 3. The normalized spacial score (nSPS) is 35.2. The third-order valence-electron chi connectivity index (χ3n) is 4.28. The molecule has 2 atom stereocenters. The van der Waals surface area contributed by atoms with E-state index in [2.05, 4.69) is 29.1 Å². The Morgan fingerprint density at radius 1 is 1.19 bits per heavy atom. The van der Waals surface area contributed by atoms with Gasteiger partial charge in [-0.05, 0) is 13.5 Å². The van der Waals surface area contributed by atoms with Gasteiger partial charge in [0.1, 0.15) is 0 Å². The van der Waals surface area contributed by atoms with Crippen LogP contribution in [0.3, 0.4) is 0 Å². The topological polar surface area (TPSA) is 18.5 Å². The molecule has 0 radical (unpaired) electrons. The van der Waals surface area contributed by atoms with Gasteiger partial charge in [-0.1, -0.05) is 26.2 Å². The monoisotopic (exact) mass is 225 g/mol. The second-order valence-electron chi connectivity index (χ2n) is 5.29. The first kappa shape index (κ1) is 12.3. The molecule has 0 amide bonds. The van der Waals surface area contributed by atoms with Crippen molar-refractivity contribution in [1.29, 1.82) is 0 Å². The van der Waals surface area contributed by atoms with Crippen LogP contribution in [-0.2, 0) is 0 Å². The number of nitrogens with one attached hydrogen (secondary N) is 1. The molecule has 3 heterocycles. The van der Waals surface area contributed by atoms with Gasteiger partial charge in [-0.25, -0.2) is 0 Å². The Hall–Kier alpha value is -0.120. The Kier molecular flexibility index (Phi) is 4.62. The summed E-state index contributed by atoms with van der Waals surface area (Å²) in [6, 6.07) is 1.47. The van der Waals surface area contributed by atoms with Crippen LogP contribution in [0.15, 0.2) is 0 Å². The summed E-state index contributed by atoms with van der Waals surface area (Å²) in [4.78, 5) is 5.34. The molecule has 2 unspecified atom stereocenters. The number of hydrogen-bond acceptors (Lipinski definition) is 3. The molecule has 3 heteroatoms. The van der Waals surface area contributed by atoms with E-state index in [9.17, 15) is 0 Å². The third kappa shape index (κ3) is 2.76. The fourth-order valence-corrected chi connectivity index (χ4v) is 3.18. The van der Waals surface area contributed by atoms with Crippen molar-refractivity contribution in [2.45, 2.75) is 44.7 Å². The second-order valence-corrected chi connectivity index (χ2v) is 5.29. The maximum atomic E-state index is 3.55. The number of unbranched alkanes of at least 4 members (excludes halogenated alkanes) is 2. The molecule has 16 heavy (non-hydrogen) atoms. The van der Waals surface area contributed by atoms with E-state index in [0.29, 0.717) is 6.04 Å². The van der Waals surface area contributed by atoms with Crippen LogP contribution in [0.5, 0.6) is 0 Å². The van der Waals surface area contributed by atoms with Gasteiger partial charge >= 0.3 is 0 Å². The van der Waals surface area contributed by atoms with Crippen LogP contribution in [0.2, 0.25) is 0 Å². The predicted octanol–water partition coefficient (Wildman–Crippen LogP) is 1.15. The van der Waals surface area contributed by atoms with E-state index >= 15 is 0 Å². The lowest BCUT2D eigenvalue weighted by Gasteiger charge is -2.50. The summed E-state index contributed by atoms with van der Waals surface area (Å²) in [6.45, 7) is 8.74. The van der Waals surface area contributed by atoms with Gasteiger partial charge in [0.15, 0.2) is 0 Å². The number of hydrogen-bond donors (Lipinski definition) is 1. The van der Waals surface area contributed by atoms with Gasteiger partial charge in [0.2, 0.25) is 0 Å². The van der Waals surface area contributed by atoms with E-state index in [1.54, 1.807) is 0 Å². The summed E-state index contributed by atoms with van der Waals surface area (Å²) in [5.74, 6) is 0. The average Bonchev–Trinajstić information content (AvgIpc) is 2.36. The Morgan fingerprint density at radius 2 is 1.94 bits per heavy atom. The number of piperazine rings is 3. The standard InChI is InChI=1S/C13H27N3/c1-3-4-5-6-12(14-2)13-11-15-7-9-16(13)10-8-15/h12-14H,3-11H2,1-2H3. The first-order valence-corrected chi connectivity index (χ1v) is 6.98. The molecule has 3 saturated heterocycles. The molecule has 0 spiro atoms. The van der Waals surface area contributed by atoms with Crippen LogP contribution < -0.4 is 5.32 Å². The van der Waals surface area contributed by atoms with Crippen molar-refractivity contribution < 1.29 is 0 Å². The van der Waals surface area contributed by atoms with Crippen LogP contribution in [0.1, 0.15) is 32.6 Å². The SMILES string of the molecule is CCCCCC(NC)C1CN2CCN1CC2. The van der Waals surface area contributed by atoms with Gasteiger partial charge < -0.3 is 5.32 Å². The smallest absolute Gasteiger partial charge is 0.0377 e. The van der Waals surface area contributed by atoms with Crippen molar-refractivity contribution in [2.24, 2.45) is 0 Å². The predicted molar refractivity (Wildman–Crippen MR) is 68.8 cm³/mol. The van der Waals surface area contributed by atoms with Gasteiger partial charge in [0.05, 0.1) is 0 Å². The highest BCUT2D eigenvalue weighted by Crippen LogP contribution is 2.20. The maximum Gasteiger partial charge on any atom is 0.0377 e. The van der Waals surface area contributed by atoms with Crippen molar-refractivity contribution in [2.75, 3.05) is 39.8 Å². The van der Waals surface area contributed by atoms with Gasteiger partial charge in [-0.3, -0.25) is 9.80 Å². The van der Waals surface area contributed by atoms with Gasteiger partial charge in [0, 0.05) is 44.8 Å². The van der Waals surface area contributed by atoms with E-state index < -0.39 is 0 Å². The largest absolute Gasteiger partial charge is 0.315 e. The molecular formula is C13H27N3. The van der Waals surface area contributed by atoms with Crippen LogP contribution in [0.25, 0.3) is 0 Å². The molecule has 0 aromatic heterocycles. The Morgan fingerprint density at radius 3 is 2.44 bits per heavy atom. The fraction of sp³-hybridized carbons (Fsp3) is 1.00. The number of likely N-dealkylation sites (N-methyl/N-ethyl adjacent to an activating group) is 1. The zero-order chi connectivity index (χ0) is 11.4. The molecule has 0 aromatic carbocycles. The van der Waals surface area contributed by atoms with Crippen LogP contribution in [0, 0.1) is 0 Å². The summed E-state index contributed by atoms with van der Waals surface area (Å²) in [7, 11) is 2.13. The highest BCUT2D eigenvalue weighted by molar-refractivity contribution is 4.94. The van der Waals surface area contributed by atoms with Crippen LogP contribution in [-0.4, -0.2) is 61.7 Å². The molecule has 1 N–H and O–H groups in total. The van der Waals surface area contributed by atoms with Crippen LogP contribution >= 0.6 is 0 Å². The molecule has 3 aliphatic rings. The first-order valence-electron chi connectivity index (χ1n) is 6.98. The van der Waals surface area contributed by atoms with E-state index in [1.807, 2.05) is 0 Å². The van der Waals surface area contributed by atoms with E-state index in [-0.39, 0.29) is 0 Å². The fourth-order valence-electron chi connectivity index (χ4n) is 3.18. The molecule has 0 saturated carbocycles. The minimum absolute atomic E-state index is 0.703. The molecule has 3 rings (SSSR count). The van der Waals surface area contributed by atoms with Gasteiger partial charge in [-0.2, -0.15) is 0 Å². The molecule has 2 bridgehead atoms. The van der Waals surface area contributed by atoms with Crippen molar-refractivity contribution in [3.05, 3.63) is 0 Å². The van der Waals surface area contributed by atoms with E-state index in [1.165, 1.54) is 58.4 Å². The van der Waals surface area contributed by atoms with Crippen molar-refractivity contribution in [3.8, 4) is 0 Å². The molecule has 0 aliphatic carbocycles. The first-order chi connectivity index (χ1) is 7.85. The molecule has 3 fully saturated rings.